The third kappa shape index (κ3) is 2.55. The van der Waals surface area contributed by atoms with Crippen LogP contribution in [0.15, 0.2) is 46.1 Å². The number of hydrogen-bond acceptors (Lipinski definition) is 4. The molecule has 0 bridgehead atoms. The lowest BCUT2D eigenvalue weighted by molar-refractivity contribution is -0.133. The summed E-state index contributed by atoms with van der Waals surface area (Å²) in [7, 11) is 1.64. The summed E-state index contributed by atoms with van der Waals surface area (Å²) in [5, 5.41) is 4.41. The molecule has 1 aliphatic rings. The van der Waals surface area contributed by atoms with Crippen LogP contribution in [-0.2, 0) is 10.3 Å². The zero-order valence-corrected chi connectivity index (χ0v) is 14.8. The van der Waals surface area contributed by atoms with E-state index in [4.69, 9.17) is 5.73 Å². The molecular weight excluding hydrogens is 358 g/mol. The monoisotopic (exact) mass is 375 g/mol. The van der Waals surface area contributed by atoms with E-state index >= 15 is 0 Å². The Labute approximate surface area is 143 Å². The second-order valence-corrected chi connectivity index (χ2v) is 6.81. The van der Waals surface area contributed by atoms with Crippen LogP contribution < -0.4 is 5.73 Å². The van der Waals surface area contributed by atoms with Crippen molar-refractivity contribution in [2.75, 3.05) is 7.05 Å². The minimum Gasteiger partial charge on any atom is -0.369 e. The van der Waals surface area contributed by atoms with E-state index in [9.17, 15) is 4.79 Å². The number of carbonyl (C=O) groups excluding carboxylic acids is 1. The highest BCUT2D eigenvalue weighted by molar-refractivity contribution is 9.10. The number of nitrogens with two attached hydrogens (primary N) is 1. The summed E-state index contributed by atoms with van der Waals surface area (Å²) in [5.74, 6) is -0.138. The molecule has 0 radical (unpaired) electrons. The number of carbonyl (C=O) groups is 1. The van der Waals surface area contributed by atoms with Crippen molar-refractivity contribution in [2.45, 2.75) is 19.4 Å². The number of aromatic nitrogens is 2. The predicted molar refractivity (Wildman–Crippen MR) is 92.2 cm³/mol. The van der Waals surface area contributed by atoms with Crippen LogP contribution in [-0.4, -0.2) is 33.6 Å². The van der Waals surface area contributed by atoms with Gasteiger partial charge in [0.05, 0.1) is 17.8 Å². The molecule has 0 aliphatic carbocycles. The first-order valence-electron chi connectivity index (χ1n) is 7.27. The van der Waals surface area contributed by atoms with Gasteiger partial charge >= 0.3 is 0 Å². The number of hydrogen-bond donors (Lipinski definition) is 1. The first-order chi connectivity index (χ1) is 10.8. The van der Waals surface area contributed by atoms with Gasteiger partial charge in [-0.15, -0.1) is 0 Å². The summed E-state index contributed by atoms with van der Waals surface area (Å²) < 4.78 is 2.75. The van der Waals surface area contributed by atoms with Crippen molar-refractivity contribution in [3.63, 3.8) is 0 Å². The third-order valence-electron chi connectivity index (χ3n) is 4.47. The van der Waals surface area contributed by atoms with E-state index in [1.165, 1.54) is 4.90 Å². The Morgan fingerprint density at radius 3 is 2.83 bits per heavy atom. The van der Waals surface area contributed by atoms with Crippen LogP contribution in [0.5, 0.6) is 0 Å². The summed E-state index contributed by atoms with van der Waals surface area (Å²) in [6.07, 6.45) is 3.64. The van der Waals surface area contributed by atoms with E-state index in [1.54, 1.807) is 17.9 Å². The highest BCUT2D eigenvalue weighted by Crippen LogP contribution is 2.37. The van der Waals surface area contributed by atoms with Gasteiger partial charge in [0.1, 0.15) is 5.54 Å². The first kappa shape index (κ1) is 15.7. The van der Waals surface area contributed by atoms with Crippen molar-refractivity contribution >= 4 is 27.8 Å². The van der Waals surface area contributed by atoms with Gasteiger partial charge in [-0.1, -0.05) is 28.9 Å². The van der Waals surface area contributed by atoms with Crippen LogP contribution in [0.4, 0.5) is 0 Å². The van der Waals surface area contributed by atoms with Crippen molar-refractivity contribution < 1.29 is 4.79 Å². The molecule has 0 fully saturated rings. The van der Waals surface area contributed by atoms with Crippen LogP contribution >= 0.6 is 15.9 Å². The molecule has 1 amide bonds. The molecule has 1 aliphatic heterocycles. The van der Waals surface area contributed by atoms with Crippen molar-refractivity contribution in [3.8, 4) is 5.69 Å². The molecule has 23 heavy (non-hydrogen) atoms. The molecule has 3 rings (SSSR count). The zero-order chi connectivity index (χ0) is 16.8. The molecule has 0 saturated carbocycles. The first-order valence-corrected chi connectivity index (χ1v) is 8.06. The second-order valence-electron chi connectivity index (χ2n) is 5.89. The quantitative estimate of drug-likeness (QED) is 0.874. The molecule has 0 saturated heterocycles. The lowest BCUT2D eigenvalue weighted by Crippen LogP contribution is -2.52. The molecule has 1 aromatic carbocycles. The molecule has 2 aromatic rings. The maximum Gasteiger partial charge on any atom is 0.234 e. The molecule has 2 heterocycles. The van der Waals surface area contributed by atoms with Crippen LogP contribution in [0.2, 0.25) is 0 Å². The molecule has 2 N–H and O–H groups in total. The minimum atomic E-state index is -0.724. The van der Waals surface area contributed by atoms with E-state index in [0.29, 0.717) is 0 Å². The Hall–Kier alpha value is -2.15. The van der Waals surface area contributed by atoms with Crippen molar-refractivity contribution in [1.82, 2.24) is 14.7 Å². The molecule has 6 nitrogen and oxygen atoms in total. The average molecular weight is 376 g/mol. The Balaban J connectivity index is 2.04. The molecule has 120 valence electrons. The summed E-state index contributed by atoms with van der Waals surface area (Å²) >= 11 is 3.46. The Bertz CT molecular complexity index is 799. The highest BCUT2D eigenvalue weighted by atomic mass is 79.9. The summed E-state index contributed by atoms with van der Waals surface area (Å²) in [4.78, 5) is 18.3. The fourth-order valence-electron chi connectivity index (χ4n) is 2.71. The van der Waals surface area contributed by atoms with Gasteiger partial charge in [0, 0.05) is 23.3 Å². The number of aliphatic imine (C=N–C) groups is 1. The van der Waals surface area contributed by atoms with Crippen LogP contribution in [0, 0.1) is 5.92 Å². The minimum absolute atomic E-state index is 0.0461. The number of amides is 1. The fraction of sp³-hybridized carbons (Fsp3) is 0.312. The van der Waals surface area contributed by atoms with E-state index in [2.05, 4.69) is 26.0 Å². The number of rotatable bonds is 2. The van der Waals surface area contributed by atoms with Gasteiger partial charge in [0.2, 0.25) is 5.91 Å². The molecule has 2 atom stereocenters. The fourth-order valence-corrected chi connectivity index (χ4v) is 3.10. The largest absolute Gasteiger partial charge is 0.369 e. The normalized spacial score (nSPS) is 24.7. The average Bonchev–Trinajstić information content (AvgIpc) is 3.02. The number of halogens is 1. The smallest absolute Gasteiger partial charge is 0.234 e. The molecule has 0 spiro atoms. The zero-order valence-electron chi connectivity index (χ0n) is 13.2. The van der Waals surface area contributed by atoms with Gasteiger partial charge in [-0.25, -0.2) is 9.67 Å². The highest BCUT2D eigenvalue weighted by Gasteiger charge is 2.44. The van der Waals surface area contributed by atoms with Crippen molar-refractivity contribution in [2.24, 2.45) is 16.6 Å². The molecule has 1 unspecified atom stereocenters. The number of nitrogens with zero attached hydrogens (tertiary/aromatic N) is 4. The van der Waals surface area contributed by atoms with Gasteiger partial charge in [-0.05, 0) is 25.1 Å². The SMILES string of the molecule is CC1C(=O)N(C)C(N)=N[C@]1(C)c1cnn(-c2cccc(Br)c2)c1. The summed E-state index contributed by atoms with van der Waals surface area (Å²) in [5.41, 5.74) is 6.96. The maximum absolute atomic E-state index is 12.4. The summed E-state index contributed by atoms with van der Waals surface area (Å²) in [6.45, 7) is 3.78. The van der Waals surface area contributed by atoms with Crippen LogP contribution in [0.1, 0.15) is 19.4 Å². The van der Waals surface area contributed by atoms with Crippen LogP contribution in [0.25, 0.3) is 5.69 Å². The van der Waals surface area contributed by atoms with E-state index in [1.807, 2.05) is 44.3 Å². The lowest BCUT2D eigenvalue weighted by atomic mass is 9.81. The maximum atomic E-state index is 12.4. The Morgan fingerprint density at radius 1 is 1.39 bits per heavy atom. The molecule has 1 aromatic heterocycles. The topological polar surface area (TPSA) is 76.5 Å². The number of guanidine groups is 1. The van der Waals surface area contributed by atoms with Gasteiger partial charge in [0.15, 0.2) is 5.96 Å². The lowest BCUT2D eigenvalue weighted by Gasteiger charge is -2.37. The van der Waals surface area contributed by atoms with E-state index in [0.717, 1.165) is 15.7 Å². The Kier molecular flexibility index (Phi) is 3.75. The standard InChI is InChI=1S/C16H18BrN5O/c1-10-14(23)21(3)15(18)20-16(10,2)11-8-19-22(9-11)13-6-4-5-12(17)7-13/h4-10H,1-3H3,(H2,18,20)/t10?,16-/m0/s1. The second kappa shape index (κ2) is 5.49. The predicted octanol–water partition coefficient (Wildman–Crippen LogP) is 2.27. The van der Waals surface area contributed by atoms with Crippen molar-refractivity contribution in [1.29, 1.82) is 0 Å². The van der Waals surface area contributed by atoms with Crippen LogP contribution in [0.3, 0.4) is 0 Å². The van der Waals surface area contributed by atoms with Gasteiger partial charge in [0.25, 0.3) is 0 Å². The van der Waals surface area contributed by atoms with Crippen molar-refractivity contribution in [3.05, 3.63) is 46.7 Å². The van der Waals surface area contributed by atoms with Gasteiger partial charge in [-0.2, -0.15) is 5.10 Å². The van der Waals surface area contributed by atoms with E-state index < -0.39 is 5.54 Å². The third-order valence-corrected chi connectivity index (χ3v) is 4.97. The van der Waals surface area contributed by atoms with Gasteiger partial charge < -0.3 is 5.73 Å². The molecular formula is C16H18BrN5O. The molecule has 7 heteroatoms. The van der Waals surface area contributed by atoms with Gasteiger partial charge in [-0.3, -0.25) is 9.69 Å². The summed E-state index contributed by atoms with van der Waals surface area (Å²) in [6, 6.07) is 7.84. The number of benzene rings is 1. The van der Waals surface area contributed by atoms with E-state index in [-0.39, 0.29) is 17.8 Å². The Morgan fingerprint density at radius 2 is 2.13 bits per heavy atom.